The Morgan fingerprint density at radius 3 is 2.84 bits per heavy atom. The van der Waals surface area contributed by atoms with Crippen LogP contribution in [0.4, 0.5) is 0 Å². The summed E-state index contributed by atoms with van der Waals surface area (Å²) < 4.78 is 5.44. The lowest BCUT2D eigenvalue weighted by Crippen LogP contribution is -2.45. The summed E-state index contributed by atoms with van der Waals surface area (Å²) in [6, 6.07) is 0. The van der Waals surface area contributed by atoms with Crippen LogP contribution in [0.15, 0.2) is 11.6 Å². The van der Waals surface area contributed by atoms with Crippen molar-refractivity contribution >= 4 is 5.97 Å². The minimum absolute atomic E-state index is 0.0456. The highest BCUT2D eigenvalue weighted by atomic mass is 16.5. The molecule has 0 aromatic rings. The third-order valence-corrected chi connectivity index (χ3v) is 6.78. The van der Waals surface area contributed by atoms with Gasteiger partial charge in [-0.1, -0.05) is 31.9 Å². The lowest BCUT2D eigenvalue weighted by atomic mass is 9.56. The summed E-state index contributed by atoms with van der Waals surface area (Å²) in [5.41, 5.74) is 2.38. The zero-order valence-electron chi connectivity index (χ0n) is 12.7. The number of allylic oxidation sites excluding steroid dienone is 1. The van der Waals surface area contributed by atoms with Crippen molar-refractivity contribution in [1.29, 1.82) is 0 Å². The first kappa shape index (κ1) is 13.2. The number of hydrogen-bond donors (Lipinski definition) is 0. The SMILES string of the molecule is CC(=O)OC[C@]1(C)C=C(C)[C@]23CCC[C@]12CC[C@H]3C. The normalized spacial score (nSPS) is 47.8. The van der Waals surface area contributed by atoms with Gasteiger partial charge in [-0.3, -0.25) is 4.79 Å². The number of hydrogen-bond acceptors (Lipinski definition) is 2. The van der Waals surface area contributed by atoms with Crippen molar-refractivity contribution in [3.05, 3.63) is 11.6 Å². The lowest BCUT2D eigenvalue weighted by Gasteiger charge is -2.47. The quantitative estimate of drug-likeness (QED) is 0.553. The summed E-state index contributed by atoms with van der Waals surface area (Å²) in [5, 5.41) is 0. The second-order valence-corrected chi connectivity index (χ2v) is 7.37. The van der Waals surface area contributed by atoms with E-state index in [1.165, 1.54) is 39.0 Å². The van der Waals surface area contributed by atoms with Crippen LogP contribution < -0.4 is 0 Å². The van der Waals surface area contributed by atoms with Crippen LogP contribution >= 0.6 is 0 Å². The Kier molecular flexibility index (Phi) is 2.69. The number of carbonyl (C=O) groups is 1. The highest BCUT2D eigenvalue weighted by Gasteiger charge is 2.71. The van der Waals surface area contributed by atoms with Gasteiger partial charge in [0.05, 0.1) is 0 Å². The van der Waals surface area contributed by atoms with Crippen LogP contribution in [0.3, 0.4) is 0 Å². The number of esters is 1. The second-order valence-electron chi connectivity index (χ2n) is 7.37. The zero-order chi connectivity index (χ0) is 13.9. The largest absolute Gasteiger partial charge is 0.465 e. The van der Waals surface area contributed by atoms with Crippen molar-refractivity contribution in [2.45, 2.75) is 59.8 Å². The molecule has 3 aliphatic carbocycles. The topological polar surface area (TPSA) is 26.3 Å². The van der Waals surface area contributed by atoms with Crippen LogP contribution in [0, 0.1) is 22.2 Å². The van der Waals surface area contributed by atoms with Gasteiger partial charge in [-0.25, -0.2) is 0 Å². The van der Waals surface area contributed by atoms with E-state index in [2.05, 4.69) is 26.8 Å². The number of rotatable bonds is 2. The molecule has 0 bridgehead atoms. The van der Waals surface area contributed by atoms with Crippen molar-refractivity contribution in [3.63, 3.8) is 0 Å². The third-order valence-electron chi connectivity index (χ3n) is 6.78. The van der Waals surface area contributed by atoms with Crippen molar-refractivity contribution < 1.29 is 9.53 Å². The average Bonchev–Trinajstić information content (AvgIpc) is 2.90. The Labute approximate surface area is 116 Å². The molecule has 3 rings (SSSR count). The zero-order valence-corrected chi connectivity index (χ0v) is 12.7. The molecule has 4 atom stereocenters. The number of carbonyl (C=O) groups excluding carboxylic acids is 1. The molecule has 2 heteroatoms. The Hall–Kier alpha value is -0.790. The monoisotopic (exact) mass is 262 g/mol. The minimum atomic E-state index is -0.148. The average molecular weight is 262 g/mol. The molecule has 0 heterocycles. The molecule has 0 aliphatic heterocycles. The van der Waals surface area contributed by atoms with Gasteiger partial charge in [-0.2, -0.15) is 0 Å². The van der Waals surface area contributed by atoms with Crippen LogP contribution in [0.2, 0.25) is 0 Å². The second kappa shape index (κ2) is 3.86. The van der Waals surface area contributed by atoms with E-state index in [9.17, 15) is 4.79 Å². The smallest absolute Gasteiger partial charge is 0.302 e. The minimum Gasteiger partial charge on any atom is -0.465 e. The maximum Gasteiger partial charge on any atom is 0.302 e. The molecule has 0 saturated heterocycles. The van der Waals surface area contributed by atoms with Crippen molar-refractivity contribution in [2.75, 3.05) is 6.61 Å². The highest BCUT2D eigenvalue weighted by Crippen LogP contribution is 2.78. The Balaban J connectivity index is 2.02. The number of ether oxygens (including phenoxy) is 1. The molecule has 2 fully saturated rings. The first-order valence-electron chi connectivity index (χ1n) is 7.71. The first-order chi connectivity index (χ1) is 8.88. The van der Waals surface area contributed by atoms with E-state index >= 15 is 0 Å². The molecule has 106 valence electrons. The van der Waals surface area contributed by atoms with Gasteiger partial charge >= 0.3 is 5.97 Å². The van der Waals surface area contributed by atoms with Gasteiger partial charge in [-0.15, -0.1) is 0 Å². The molecule has 19 heavy (non-hydrogen) atoms. The van der Waals surface area contributed by atoms with E-state index in [4.69, 9.17) is 4.74 Å². The van der Waals surface area contributed by atoms with Gasteiger partial charge in [0.1, 0.15) is 6.61 Å². The van der Waals surface area contributed by atoms with Crippen LogP contribution in [-0.2, 0) is 9.53 Å². The first-order valence-corrected chi connectivity index (χ1v) is 7.71. The van der Waals surface area contributed by atoms with Crippen molar-refractivity contribution in [2.24, 2.45) is 22.2 Å². The maximum absolute atomic E-state index is 11.2. The fourth-order valence-corrected chi connectivity index (χ4v) is 6.13. The van der Waals surface area contributed by atoms with Gasteiger partial charge in [0.15, 0.2) is 0 Å². The van der Waals surface area contributed by atoms with Crippen molar-refractivity contribution in [1.82, 2.24) is 0 Å². The predicted octanol–water partition coefficient (Wildman–Crippen LogP) is 4.10. The molecular formula is C17H26O2. The summed E-state index contributed by atoms with van der Waals surface area (Å²) in [5.74, 6) is 0.635. The Morgan fingerprint density at radius 1 is 1.42 bits per heavy atom. The van der Waals surface area contributed by atoms with E-state index in [1.54, 1.807) is 5.57 Å². The molecule has 0 unspecified atom stereocenters. The molecule has 0 N–H and O–H groups in total. The predicted molar refractivity (Wildman–Crippen MR) is 75.6 cm³/mol. The van der Waals surface area contributed by atoms with Crippen LogP contribution in [0.5, 0.6) is 0 Å². The summed E-state index contributed by atoms with van der Waals surface area (Å²) in [4.78, 5) is 11.2. The standard InChI is InChI=1S/C17H26O2/c1-12-6-9-16-7-5-8-17(12,16)13(2)10-15(16,4)11-19-14(3)18/h10,12H,5-9,11H2,1-4H3/t12-,15+,16+,17-/m1/s1. The van der Waals surface area contributed by atoms with Gasteiger partial charge in [-0.05, 0) is 43.9 Å². The molecule has 0 radical (unpaired) electrons. The Morgan fingerprint density at radius 2 is 2.16 bits per heavy atom. The summed E-state index contributed by atoms with van der Waals surface area (Å²) in [6.07, 6.45) is 9.08. The van der Waals surface area contributed by atoms with Crippen LogP contribution in [0.1, 0.15) is 59.8 Å². The van der Waals surface area contributed by atoms with Gasteiger partial charge in [0, 0.05) is 17.8 Å². The summed E-state index contributed by atoms with van der Waals surface area (Å²) in [7, 11) is 0. The highest BCUT2D eigenvalue weighted by molar-refractivity contribution is 5.66. The van der Waals surface area contributed by atoms with E-state index in [0.29, 0.717) is 17.4 Å². The molecule has 2 nitrogen and oxygen atoms in total. The molecule has 0 spiro atoms. The molecule has 0 amide bonds. The molecule has 3 aliphatic rings. The maximum atomic E-state index is 11.2. The van der Waals surface area contributed by atoms with Gasteiger partial charge < -0.3 is 4.74 Å². The van der Waals surface area contributed by atoms with E-state index in [0.717, 1.165) is 5.92 Å². The van der Waals surface area contributed by atoms with E-state index in [-0.39, 0.29) is 11.4 Å². The molecule has 0 aromatic carbocycles. The molecular weight excluding hydrogens is 236 g/mol. The van der Waals surface area contributed by atoms with Gasteiger partial charge in [0.2, 0.25) is 0 Å². The fourth-order valence-electron chi connectivity index (χ4n) is 6.13. The van der Waals surface area contributed by atoms with E-state index < -0.39 is 0 Å². The van der Waals surface area contributed by atoms with Crippen LogP contribution in [0.25, 0.3) is 0 Å². The molecule has 0 aromatic heterocycles. The van der Waals surface area contributed by atoms with Gasteiger partial charge in [0.25, 0.3) is 0 Å². The third kappa shape index (κ3) is 1.35. The van der Waals surface area contributed by atoms with Crippen molar-refractivity contribution in [3.8, 4) is 0 Å². The molecule has 2 saturated carbocycles. The van der Waals surface area contributed by atoms with E-state index in [1.807, 2.05) is 0 Å². The lowest BCUT2D eigenvalue weighted by molar-refractivity contribution is -0.146. The summed E-state index contributed by atoms with van der Waals surface area (Å²) in [6.45, 7) is 9.16. The summed E-state index contributed by atoms with van der Waals surface area (Å²) >= 11 is 0. The fraction of sp³-hybridized carbons (Fsp3) is 0.824. The van der Waals surface area contributed by atoms with Crippen LogP contribution in [-0.4, -0.2) is 12.6 Å². The Bertz CT molecular complexity index is 452.